The number of hydrogen-bond donors (Lipinski definition) is 1. The van der Waals surface area contributed by atoms with Gasteiger partial charge in [-0.25, -0.2) is 0 Å². The predicted octanol–water partition coefficient (Wildman–Crippen LogP) is 3.09. The Kier molecular flexibility index (Phi) is 5.83. The van der Waals surface area contributed by atoms with Gasteiger partial charge in [0.1, 0.15) is 6.10 Å². The molecule has 2 unspecified atom stereocenters. The third kappa shape index (κ3) is 3.80. The molecule has 2 nitrogen and oxygen atoms in total. The second kappa shape index (κ2) is 7.20. The highest BCUT2D eigenvalue weighted by Gasteiger charge is 2.19. The molecule has 0 fully saturated rings. The van der Waals surface area contributed by atoms with Gasteiger partial charge >= 0.3 is 0 Å². The van der Waals surface area contributed by atoms with Crippen LogP contribution < -0.4 is 0 Å². The molecule has 1 aromatic carbocycles. The number of rotatable bonds is 7. The van der Waals surface area contributed by atoms with Crippen molar-refractivity contribution in [3.63, 3.8) is 0 Å². The average molecular weight is 220 g/mol. The first-order valence-electron chi connectivity index (χ1n) is 5.66. The molecule has 0 aromatic heterocycles. The zero-order valence-electron chi connectivity index (χ0n) is 9.80. The van der Waals surface area contributed by atoms with Crippen LogP contribution >= 0.6 is 0 Å². The van der Waals surface area contributed by atoms with Crippen molar-refractivity contribution in [1.82, 2.24) is 0 Å². The predicted molar refractivity (Wildman–Crippen MR) is 66.2 cm³/mol. The van der Waals surface area contributed by atoms with Gasteiger partial charge in [-0.15, -0.1) is 6.58 Å². The molecular formula is C14H20O2. The normalized spacial score (nSPS) is 14.4. The zero-order valence-corrected chi connectivity index (χ0v) is 9.80. The van der Waals surface area contributed by atoms with Crippen LogP contribution in [0.3, 0.4) is 0 Å². The van der Waals surface area contributed by atoms with Gasteiger partial charge in [0.25, 0.3) is 0 Å². The second-order valence-corrected chi connectivity index (χ2v) is 3.85. The molecule has 2 heteroatoms. The Balaban J connectivity index is 2.56. The Labute approximate surface area is 97.6 Å². The highest BCUT2D eigenvalue weighted by atomic mass is 16.5. The van der Waals surface area contributed by atoms with Crippen LogP contribution in [0.2, 0.25) is 0 Å². The van der Waals surface area contributed by atoms with E-state index in [1.165, 1.54) is 0 Å². The fourth-order valence-electron chi connectivity index (χ4n) is 1.78. The summed E-state index contributed by atoms with van der Waals surface area (Å²) in [5.41, 5.74) is 1.02. The maximum absolute atomic E-state index is 10.0. The van der Waals surface area contributed by atoms with Crippen LogP contribution in [0.15, 0.2) is 43.0 Å². The zero-order chi connectivity index (χ0) is 11.8. The number of methoxy groups -OCH3 is 1. The lowest BCUT2D eigenvalue weighted by atomic mass is 10.00. The van der Waals surface area contributed by atoms with Crippen molar-refractivity contribution >= 4 is 0 Å². The van der Waals surface area contributed by atoms with Crippen LogP contribution in [0, 0.1) is 0 Å². The Morgan fingerprint density at radius 3 is 2.62 bits per heavy atom. The fourth-order valence-corrected chi connectivity index (χ4v) is 1.78. The van der Waals surface area contributed by atoms with E-state index in [-0.39, 0.29) is 6.10 Å². The summed E-state index contributed by atoms with van der Waals surface area (Å²) >= 11 is 0. The van der Waals surface area contributed by atoms with Gasteiger partial charge in [-0.05, 0) is 24.8 Å². The summed E-state index contributed by atoms with van der Waals surface area (Å²) in [5, 5.41) is 10.0. The minimum absolute atomic E-state index is 0.231. The first-order valence-corrected chi connectivity index (χ1v) is 5.66. The first kappa shape index (κ1) is 12.9. The molecule has 0 aliphatic heterocycles. The monoisotopic (exact) mass is 220 g/mol. The summed E-state index contributed by atoms with van der Waals surface area (Å²) in [5.74, 6) is 0. The first-order chi connectivity index (χ1) is 7.79. The smallest absolute Gasteiger partial charge is 0.108 e. The molecule has 1 rings (SSSR count). The summed E-state index contributed by atoms with van der Waals surface area (Å²) < 4.78 is 5.35. The van der Waals surface area contributed by atoms with Crippen molar-refractivity contribution in [2.24, 2.45) is 0 Å². The molecule has 2 atom stereocenters. The lowest BCUT2D eigenvalue weighted by Gasteiger charge is -2.21. The molecule has 0 saturated heterocycles. The Hall–Kier alpha value is -1.12. The molecule has 16 heavy (non-hydrogen) atoms. The van der Waals surface area contributed by atoms with Crippen molar-refractivity contribution in [2.75, 3.05) is 7.11 Å². The Bertz CT molecular complexity index is 295. The van der Waals surface area contributed by atoms with E-state index in [2.05, 4.69) is 6.58 Å². The fraction of sp³-hybridized carbons (Fsp3) is 0.429. The molecule has 0 amide bonds. The maximum Gasteiger partial charge on any atom is 0.108 e. The number of benzene rings is 1. The Morgan fingerprint density at radius 1 is 1.38 bits per heavy atom. The molecule has 0 spiro atoms. The quantitative estimate of drug-likeness (QED) is 0.565. The molecule has 0 heterocycles. The van der Waals surface area contributed by atoms with Gasteiger partial charge in [0.2, 0.25) is 0 Å². The Morgan fingerprint density at radius 2 is 2.06 bits per heavy atom. The summed E-state index contributed by atoms with van der Waals surface area (Å²) in [6.07, 6.45) is 3.80. The van der Waals surface area contributed by atoms with Crippen LogP contribution in [0.1, 0.15) is 30.9 Å². The molecule has 0 radical (unpaired) electrons. The molecular weight excluding hydrogens is 200 g/mol. The number of allylic oxidation sites excluding steroid dienone is 1. The molecule has 0 bridgehead atoms. The molecule has 0 saturated carbocycles. The van der Waals surface area contributed by atoms with Crippen LogP contribution in [0.25, 0.3) is 0 Å². The summed E-state index contributed by atoms with van der Waals surface area (Å²) in [4.78, 5) is 0. The summed E-state index contributed by atoms with van der Waals surface area (Å²) in [6, 6.07) is 9.83. The third-order valence-corrected chi connectivity index (χ3v) is 2.64. The van der Waals surface area contributed by atoms with E-state index in [9.17, 15) is 5.11 Å². The summed E-state index contributed by atoms with van der Waals surface area (Å²) in [6.45, 7) is 3.67. The third-order valence-electron chi connectivity index (χ3n) is 2.64. The number of unbranched alkanes of at least 4 members (excludes halogenated alkanes) is 1. The van der Waals surface area contributed by atoms with Gasteiger partial charge in [0.05, 0.1) is 6.10 Å². The molecule has 0 aliphatic carbocycles. The van der Waals surface area contributed by atoms with Gasteiger partial charge in [-0.3, -0.25) is 0 Å². The van der Waals surface area contributed by atoms with Crippen molar-refractivity contribution < 1.29 is 9.84 Å². The van der Waals surface area contributed by atoms with E-state index in [0.717, 1.165) is 24.8 Å². The number of ether oxygens (including phenoxy) is 1. The van der Waals surface area contributed by atoms with Gasteiger partial charge < -0.3 is 9.84 Å². The maximum atomic E-state index is 10.0. The van der Waals surface area contributed by atoms with Crippen molar-refractivity contribution in [1.29, 1.82) is 0 Å². The largest absolute Gasteiger partial charge is 0.390 e. The van der Waals surface area contributed by atoms with E-state index in [1.54, 1.807) is 7.11 Å². The number of hydrogen-bond acceptors (Lipinski definition) is 2. The topological polar surface area (TPSA) is 29.5 Å². The average Bonchev–Trinajstić information content (AvgIpc) is 2.32. The highest BCUT2D eigenvalue weighted by molar-refractivity contribution is 5.18. The van der Waals surface area contributed by atoms with Gasteiger partial charge in [0, 0.05) is 7.11 Å². The van der Waals surface area contributed by atoms with E-state index in [0.29, 0.717) is 0 Å². The van der Waals surface area contributed by atoms with Gasteiger partial charge in [0.15, 0.2) is 0 Å². The minimum Gasteiger partial charge on any atom is -0.390 e. The number of aliphatic hydroxyl groups excluding tert-OH is 1. The molecule has 1 N–H and O–H groups in total. The van der Waals surface area contributed by atoms with Crippen molar-refractivity contribution in [3.05, 3.63) is 48.6 Å². The lowest BCUT2D eigenvalue weighted by Crippen LogP contribution is -2.20. The minimum atomic E-state index is -0.452. The van der Waals surface area contributed by atoms with E-state index in [4.69, 9.17) is 4.74 Å². The summed E-state index contributed by atoms with van der Waals surface area (Å²) in [7, 11) is 1.63. The highest BCUT2D eigenvalue weighted by Crippen LogP contribution is 2.23. The van der Waals surface area contributed by atoms with Crippen LogP contribution in [-0.2, 0) is 4.74 Å². The van der Waals surface area contributed by atoms with Crippen molar-refractivity contribution in [2.45, 2.75) is 31.5 Å². The van der Waals surface area contributed by atoms with E-state index in [1.807, 2.05) is 36.4 Å². The van der Waals surface area contributed by atoms with Gasteiger partial charge in [-0.2, -0.15) is 0 Å². The molecule has 0 aliphatic rings. The van der Waals surface area contributed by atoms with Crippen LogP contribution in [0.4, 0.5) is 0 Å². The van der Waals surface area contributed by atoms with E-state index >= 15 is 0 Å². The number of aliphatic hydroxyl groups is 1. The van der Waals surface area contributed by atoms with Crippen LogP contribution in [-0.4, -0.2) is 18.3 Å². The van der Waals surface area contributed by atoms with E-state index < -0.39 is 6.10 Å². The van der Waals surface area contributed by atoms with Gasteiger partial charge in [-0.1, -0.05) is 36.4 Å². The second-order valence-electron chi connectivity index (χ2n) is 3.85. The van der Waals surface area contributed by atoms with Crippen LogP contribution in [0.5, 0.6) is 0 Å². The van der Waals surface area contributed by atoms with Crippen molar-refractivity contribution in [3.8, 4) is 0 Å². The standard InChI is InChI=1S/C14H20O2/c1-3-4-6-11-13(15)14(16-2)12-9-7-5-8-10-12/h3,5,7-10,13-15H,1,4,6,11H2,2H3. The molecule has 88 valence electrons. The lowest BCUT2D eigenvalue weighted by molar-refractivity contribution is -0.0179. The molecule has 1 aromatic rings. The SMILES string of the molecule is C=CCCCC(O)C(OC)c1ccccc1.